The standard InChI is InChI=1S/C15H25N3O2/c1-4-6-7-18(8-9-19)15(20)13-10-12(3)17-14(11-13)16-5-2/h10-11,19H,4-9H2,1-3H3,(H,16,17). The second-order valence-corrected chi connectivity index (χ2v) is 4.78. The second kappa shape index (κ2) is 8.53. The minimum absolute atomic E-state index is 0.0143. The van der Waals surface area contributed by atoms with E-state index in [0.717, 1.165) is 30.9 Å². The molecule has 0 aromatic carbocycles. The molecule has 5 nitrogen and oxygen atoms in total. The van der Waals surface area contributed by atoms with Gasteiger partial charge in [0, 0.05) is 30.9 Å². The Morgan fingerprint density at radius 1 is 1.35 bits per heavy atom. The minimum atomic E-state index is -0.0443. The van der Waals surface area contributed by atoms with Crippen LogP contribution in [0.25, 0.3) is 0 Å². The average Bonchev–Trinajstić information content (AvgIpc) is 2.42. The summed E-state index contributed by atoms with van der Waals surface area (Å²) in [5.41, 5.74) is 1.43. The van der Waals surface area contributed by atoms with Crippen LogP contribution in [0.1, 0.15) is 42.7 Å². The fourth-order valence-electron chi connectivity index (χ4n) is 2.03. The summed E-state index contributed by atoms with van der Waals surface area (Å²) in [6.07, 6.45) is 1.96. The molecule has 1 aromatic heterocycles. The van der Waals surface area contributed by atoms with E-state index in [1.54, 1.807) is 17.0 Å². The summed E-state index contributed by atoms with van der Waals surface area (Å²) >= 11 is 0. The lowest BCUT2D eigenvalue weighted by Gasteiger charge is -2.22. The average molecular weight is 279 g/mol. The van der Waals surface area contributed by atoms with Gasteiger partial charge in [-0.1, -0.05) is 13.3 Å². The molecule has 1 rings (SSSR count). The summed E-state index contributed by atoms with van der Waals surface area (Å²) in [5, 5.41) is 12.2. The highest BCUT2D eigenvalue weighted by Gasteiger charge is 2.16. The van der Waals surface area contributed by atoms with Crippen LogP contribution in [0.15, 0.2) is 12.1 Å². The lowest BCUT2D eigenvalue weighted by Crippen LogP contribution is -2.34. The predicted octanol–water partition coefficient (Wildman–Crippen LogP) is 2.06. The molecule has 5 heteroatoms. The maximum absolute atomic E-state index is 12.5. The third-order valence-electron chi connectivity index (χ3n) is 3.00. The topological polar surface area (TPSA) is 65.5 Å². The van der Waals surface area contributed by atoms with Crippen LogP contribution in [0.5, 0.6) is 0 Å². The predicted molar refractivity (Wildman–Crippen MR) is 81.0 cm³/mol. The number of pyridine rings is 1. The summed E-state index contributed by atoms with van der Waals surface area (Å²) < 4.78 is 0. The number of unbranched alkanes of at least 4 members (excludes halogenated alkanes) is 1. The molecular formula is C15H25N3O2. The van der Waals surface area contributed by atoms with E-state index < -0.39 is 0 Å². The summed E-state index contributed by atoms with van der Waals surface area (Å²) in [7, 11) is 0. The maximum Gasteiger partial charge on any atom is 0.254 e. The molecule has 0 spiro atoms. The maximum atomic E-state index is 12.5. The first-order valence-electron chi connectivity index (χ1n) is 7.25. The van der Waals surface area contributed by atoms with Gasteiger partial charge in [0.05, 0.1) is 6.61 Å². The number of nitrogens with one attached hydrogen (secondary N) is 1. The molecule has 0 saturated carbocycles. The molecule has 0 aliphatic carbocycles. The van der Waals surface area contributed by atoms with Crippen LogP contribution in [0.3, 0.4) is 0 Å². The van der Waals surface area contributed by atoms with Gasteiger partial charge < -0.3 is 15.3 Å². The minimum Gasteiger partial charge on any atom is -0.395 e. The zero-order valence-corrected chi connectivity index (χ0v) is 12.6. The van der Waals surface area contributed by atoms with Gasteiger partial charge in [-0.05, 0) is 32.4 Å². The van der Waals surface area contributed by atoms with Gasteiger partial charge in [-0.15, -0.1) is 0 Å². The molecule has 1 amide bonds. The van der Waals surface area contributed by atoms with Crippen molar-refractivity contribution in [2.75, 3.05) is 31.6 Å². The molecule has 0 aliphatic rings. The van der Waals surface area contributed by atoms with Crippen molar-refractivity contribution in [1.29, 1.82) is 0 Å². The number of carbonyl (C=O) groups is 1. The number of amides is 1. The van der Waals surface area contributed by atoms with E-state index >= 15 is 0 Å². The van der Waals surface area contributed by atoms with E-state index in [9.17, 15) is 4.79 Å². The van der Waals surface area contributed by atoms with Crippen molar-refractivity contribution < 1.29 is 9.90 Å². The van der Waals surface area contributed by atoms with E-state index in [4.69, 9.17) is 5.11 Å². The molecule has 1 aromatic rings. The molecule has 0 bridgehead atoms. The Morgan fingerprint density at radius 2 is 2.10 bits per heavy atom. The highest BCUT2D eigenvalue weighted by Crippen LogP contribution is 2.13. The van der Waals surface area contributed by atoms with Crippen LogP contribution in [0.2, 0.25) is 0 Å². The lowest BCUT2D eigenvalue weighted by atomic mass is 10.2. The van der Waals surface area contributed by atoms with Crippen LogP contribution < -0.4 is 5.32 Å². The molecule has 0 unspecified atom stereocenters. The van der Waals surface area contributed by atoms with Gasteiger partial charge in [0.15, 0.2) is 0 Å². The van der Waals surface area contributed by atoms with Gasteiger partial charge in [0.2, 0.25) is 0 Å². The van der Waals surface area contributed by atoms with Crippen LogP contribution >= 0.6 is 0 Å². The number of rotatable bonds is 8. The highest BCUT2D eigenvalue weighted by atomic mass is 16.3. The molecule has 0 fully saturated rings. The lowest BCUT2D eigenvalue weighted by molar-refractivity contribution is 0.0719. The Hall–Kier alpha value is -1.62. The van der Waals surface area contributed by atoms with Crippen LogP contribution in [-0.2, 0) is 0 Å². The molecular weight excluding hydrogens is 254 g/mol. The van der Waals surface area contributed by atoms with Crippen molar-refractivity contribution in [3.05, 3.63) is 23.4 Å². The van der Waals surface area contributed by atoms with Gasteiger partial charge >= 0.3 is 0 Å². The van der Waals surface area contributed by atoms with Gasteiger partial charge in [-0.25, -0.2) is 4.98 Å². The fraction of sp³-hybridized carbons (Fsp3) is 0.600. The smallest absolute Gasteiger partial charge is 0.254 e. The fourth-order valence-corrected chi connectivity index (χ4v) is 2.03. The zero-order valence-electron chi connectivity index (χ0n) is 12.6. The quantitative estimate of drug-likeness (QED) is 0.764. The Morgan fingerprint density at radius 3 is 2.70 bits per heavy atom. The zero-order chi connectivity index (χ0) is 15.0. The van der Waals surface area contributed by atoms with E-state index in [-0.39, 0.29) is 12.5 Å². The normalized spacial score (nSPS) is 10.4. The first-order valence-corrected chi connectivity index (χ1v) is 7.25. The molecule has 0 saturated heterocycles. The summed E-state index contributed by atoms with van der Waals surface area (Å²) in [6.45, 7) is 7.75. The number of aliphatic hydroxyl groups is 1. The van der Waals surface area contributed by atoms with E-state index in [2.05, 4.69) is 17.2 Å². The number of aromatic nitrogens is 1. The molecule has 0 radical (unpaired) electrons. The SMILES string of the molecule is CCCCN(CCO)C(=O)c1cc(C)nc(NCC)c1. The molecule has 20 heavy (non-hydrogen) atoms. The number of hydrogen-bond acceptors (Lipinski definition) is 4. The van der Waals surface area contributed by atoms with Crippen LogP contribution in [-0.4, -0.2) is 47.1 Å². The van der Waals surface area contributed by atoms with Crippen molar-refractivity contribution >= 4 is 11.7 Å². The Kier molecular flexibility index (Phi) is 7.01. The number of aryl methyl sites for hydroxylation is 1. The van der Waals surface area contributed by atoms with Crippen LogP contribution in [0.4, 0.5) is 5.82 Å². The first-order chi connectivity index (χ1) is 9.62. The largest absolute Gasteiger partial charge is 0.395 e. The van der Waals surface area contributed by atoms with Gasteiger partial charge in [0.25, 0.3) is 5.91 Å². The molecule has 1 heterocycles. The Labute approximate surface area is 121 Å². The molecule has 0 atom stereocenters. The third kappa shape index (κ3) is 4.81. The second-order valence-electron chi connectivity index (χ2n) is 4.78. The van der Waals surface area contributed by atoms with Crippen molar-refractivity contribution in [2.24, 2.45) is 0 Å². The number of aliphatic hydroxyl groups excluding tert-OH is 1. The molecule has 0 aliphatic heterocycles. The number of hydrogen-bond donors (Lipinski definition) is 2. The van der Waals surface area contributed by atoms with E-state index in [0.29, 0.717) is 18.7 Å². The Bertz CT molecular complexity index is 435. The van der Waals surface area contributed by atoms with Crippen molar-refractivity contribution in [3.8, 4) is 0 Å². The van der Waals surface area contributed by atoms with Gasteiger partial charge in [-0.2, -0.15) is 0 Å². The molecule has 112 valence electrons. The monoisotopic (exact) mass is 279 g/mol. The van der Waals surface area contributed by atoms with Crippen LogP contribution in [0, 0.1) is 6.92 Å². The first kappa shape index (κ1) is 16.4. The van der Waals surface area contributed by atoms with Crippen molar-refractivity contribution in [2.45, 2.75) is 33.6 Å². The van der Waals surface area contributed by atoms with Gasteiger partial charge in [-0.3, -0.25) is 4.79 Å². The number of carbonyl (C=O) groups excluding carboxylic acids is 1. The third-order valence-corrected chi connectivity index (χ3v) is 3.00. The summed E-state index contributed by atoms with van der Waals surface area (Å²) in [5.74, 6) is 0.674. The summed E-state index contributed by atoms with van der Waals surface area (Å²) in [6, 6.07) is 3.56. The number of nitrogens with zero attached hydrogens (tertiary/aromatic N) is 2. The summed E-state index contributed by atoms with van der Waals surface area (Å²) in [4.78, 5) is 18.6. The molecule has 2 N–H and O–H groups in total. The van der Waals surface area contributed by atoms with E-state index in [1.807, 2.05) is 13.8 Å². The Balaban J connectivity index is 2.91. The van der Waals surface area contributed by atoms with Crippen molar-refractivity contribution in [3.63, 3.8) is 0 Å². The van der Waals surface area contributed by atoms with E-state index in [1.165, 1.54) is 0 Å². The number of anilines is 1. The highest BCUT2D eigenvalue weighted by molar-refractivity contribution is 5.95. The van der Waals surface area contributed by atoms with Crippen molar-refractivity contribution in [1.82, 2.24) is 9.88 Å². The van der Waals surface area contributed by atoms with Gasteiger partial charge in [0.1, 0.15) is 5.82 Å².